The highest BCUT2D eigenvalue weighted by Gasteiger charge is 2.38. The van der Waals surface area contributed by atoms with Gasteiger partial charge in [-0.05, 0) is 38.0 Å². The van der Waals surface area contributed by atoms with Crippen LogP contribution < -0.4 is 0 Å². The van der Waals surface area contributed by atoms with Gasteiger partial charge in [0.1, 0.15) is 0 Å². The zero-order valence-electron chi connectivity index (χ0n) is 12.6. The van der Waals surface area contributed by atoms with E-state index in [1.165, 1.54) is 44.0 Å². The van der Waals surface area contributed by atoms with Gasteiger partial charge in [0, 0.05) is 37.0 Å². The molecule has 3 heteroatoms. The zero-order chi connectivity index (χ0) is 13.1. The fraction of sp³-hybridized carbons (Fsp3) is 1.00. The zero-order valence-corrected chi connectivity index (χ0v) is 13.4. The van der Waals surface area contributed by atoms with Gasteiger partial charge in [0.15, 0.2) is 0 Å². The highest BCUT2D eigenvalue weighted by molar-refractivity contribution is 7.99. The van der Waals surface area contributed by atoms with Crippen molar-refractivity contribution in [1.82, 2.24) is 9.80 Å². The SMILES string of the molecule is CCSCC(C)N1CC2CCCN2CC1C(C)C. The average Bonchev–Trinajstić information content (AvgIpc) is 2.81. The van der Waals surface area contributed by atoms with Crippen LogP contribution in [0.25, 0.3) is 0 Å². The number of fused-ring (bicyclic) bond motifs is 1. The summed E-state index contributed by atoms with van der Waals surface area (Å²) in [6.45, 7) is 13.5. The van der Waals surface area contributed by atoms with Gasteiger partial charge < -0.3 is 0 Å². The molecule has 0 bridgehead atoms. The lowest BCUT2D eigenvalue weighted by atomic mass is 9.96. The van der Waals surface area contributed by atoms with E-state index in [1.807, 2.05) is 0 Å². The summed E-state index contributed by atoms with van der Waals surface area (Å²) < 4.78 is 0. The standard InChI is InChI=1S/C15H30N2S/c1-5-18-11-13(4)17-9-14-7-6-8-16(14)10-15(17)12(2)3/h12-15H,5-11H2,1-4H3. The van der Waals surface area contributed by atoms with E-state index in [9.17, 15) is 0 Å². The van der Waals surface area contributed by atoms with E-state index in [2.05, 4.69) is 49.3 Å². The first-order valence-corrected chi connectivity index (χ1v) is 8.86. The van der Waals surface area contributed by atoms with Gasteiger partial charge in [-0.1, -0.05) is 20.8 Å². The van der Waals surface area contributed by atoms with Crippen LogP contribution in [-0.2, 0) is 0 Å². The summed E-state index contributed by atoms with van der Waals surface area (Å²) in [4.78, 5) is 5.57. The molecule has 2 fully saturated rings. The number of piperazine rings is 1. The molecular weight excluding hydrogens is 240 g/mol. The first kappa shape index (κ1) is 14.7. The molecule has 0 N–H and O–H groups in total. The maximum absolute atomic E-state index is 2.82. The van der Waals surface area contributed by atoms with E-state index in [4.69, 9.17) is 0 Å². The van der Waals surface area contributed by atoms with E-state index in [0.717, 1.165) is 24.0 Å². The van der Waals surface area contributed by atoms with Crippen molar-refractivity contribution in [3.63, 3.8) is 0 Å². The molecule has 0 aromatic heterocycles. The molecular formula is C15H30N2S. The second kappa shape index (κ2) is 6.62. The van der Waals surface area contributed by atoms with Gasteiger partial charge in [-0.25, -0.2) is 0 Å². The molecule has 18 heavy (non-hydrogen) atoms. The number of hydrogen-bond donors (Lipinski definition) is 0. The van der Waals surface area contributed by atoms with Gasteiger partial charge in [0.25, 0.3) is 0 Å². The van der Waals surface area contributed by atoms with Crippen LogP contribution in [0.1, 0.15) is 40.5 Å². The minimum absolute atomic E-state index is 0.741. The monoisotopic (exact) mass is 270 g/mol. The van der Waals surface area contributed by atoms with Crippen molar-refractivity contribution in [2.75, 3.05) is 31.1 Å². The second-order valence-corrected chi connectivity index (χ2v) is 7.63. The summed E-state index contributed by atoms with van der Waals surface area (Å²) in [6.07, 6.45) is 2.84. The van der Waals surface area contributed by atoms with Gasteiger partial charge >= 0.3 is 0 Å². The number of hydrogen-bond acceptors (Lipinski definition) is 3. The van der Waals surface area contributed by atoms with Gasteiger partial charge in [-0.2, -0.15) is 11.8 Å². The number of thioether (sulfide) groups is 1. The van der Waals surface area contributed by atoms with Crippen molar-refractivity contribution >= 4 is 11.8 Å². The maximum Gasteiger partial charge on any atom is 0.0250 e. The predicted octanol–water partition coefficient (Wildman–Crippen LogP) is 2.93. The lowest BCUT2D eigenvalue weighted by Crippen LogP contribution is -2.60. The van der Waals surface area contributed by atoms with Gasteiger partial charge in [-0.15, -0.1) is 0 Å². The molecule has 2 aliphatic rings. The quantitative estimate of drug-likeness (QED) is 0.758. The predicted molar refractivity (Wildman–Crippen MR) is 82.4 cm³/mol. The molecule has 2 rings (SSSR count). The second-order valence-electron chi connectivity index (χ2n) is 6.31. The van der Waals surface area contributed by atoms with Crippen molar-refractivity contribution in [3.05, 3.63) is 0 Å². The molecule has 0 aromatic rings. The molecule has 0 amide bonds. The normalized spacial score (nSPS) is 31.8. The summed E-state index contributed by atoms with van der Waals surface area (Å²) in [7, 11) is 0. The van der Waals surface area contributed by atoms with Crippen molar-refractivity contribution in [2.45, 2.75) is 58.7 Å². The topological polar surface area (TPSA) is 6.48 Å². The molecule has 0 spiro atoms. The third-order valence-corrected chi connectivity index (χ3v) is 5.79. The smallest absolute Gasteiger partial charge is 0.0250 e. The van der Waals surface area contributed by atoms with Gasteiger partial charge in [-0.3, -0.25) is 9.80 Å². The van der Waals surface area contributed by atoms with E-state index >= 15 is 0 Å². The maximum atomic E-state index is 2.82. The summed E-state index contributed by atoms with van der Waals surface area (Å²) in [5.41, 5.74) is 0. The highest BCUT2D eigenvalue weighted by Crippen LogP contribution is 2.29. The molecule has 3 atom stereocenters. The minimum Gasteiger partial charge on any atom is -0.298 e. The van der Waals surface area contributed by atoms with E-state index in [-0.39, 0.29) is 0 Å². The lowest BCUT2D eigenvalue weighted by molar-refractivity contribution is 0.0106. The Hall–Kier alpha value is 0.270. The van der Waals surface area contributed by atoms with E-state index in [0.29, 0.717) is 0 Å². The van der Waals surface area contributed by atoms with Gasteiger partial charge in [0.05, 0.1) is 0 Å². The van der Waals surface area contributed by atoms with Crippen LogP contribution in [-0.4, -0.2) is 59.1 Å². The van der Waals surface area contributed by atoms with Crippen LogP contribution in [0.4, 0.5) is 0 Å². The summed E-state index contributed by atoms with van der Waals surface area (Å²) in [5, 5.41) is 0. The fourth-order valence-corrected chi connectivity index (χ4v) is 4.32. The Morgan fingerprint density at radius 1 is 1.22 bits per heavy atom. The first-order valence-electron chi connectivity index (χ1n) is 7.71. The van der Waals surface area contributed by atoms with Crippen LogP contribution in [0.3, 0.4) is 0 Å². The molecule has 2 heterocycles. The van der Waals surface area contributed by atoms with E-state index in [1.54, 1.807) is 0 Å². The Morgan fingerprint density at radius 2 is 2.00 bits per heavy atom. The van der Waals surface area contributed by atoms with Crippen LogP contribution in [0.15, 0.2) is 0 Å². The fourth-order valence-electron chi connectivity index (χ4n) is 3.55. The third kappa shape index (κ3) is 3.23. The summed E-state index contributed by atoms with van der Waals surface area (Å²) >= 11 is 2.09. The van der Waals surface area contributed by atoms with Crippen LogP contribution >= 0.6 is 11.8 Å². The van der Waals surface area contributed by atoms with Crippen molar-refractivity contribution in [1.29, 1.82) is 0 Å². The van der Waals surface area contributed by atoms with Crippen LogP contribution in [0.2, 0.25) is 0 Å². The first-order chi connectivity index (χ1) is 8.63. The number of rotatable bonds is 5. The molecule has 0 aliphatic carbocycles. The average molecular weight is 270 g/mol. The third-order valence-electron chi connectivity index (χ3n) is 4.67. The largest absolute Gasteiger partial charge is 0.298 e. The van der Waals surface area contributed by atoms with E-state index < -0.39 is 0 Å². The van der Waals surface area contributed by atoms with Crippen molar-refractivity contribution in [3.8, 4) is 0 Å². The van der Waals surface area contributed by atoms with Gasteiger partial charge in [0.2, 0.25) is 0 Å². The molecule has 2 saturated heterocycles. The Kier molecular flexibility index (Phi) is 5.40. The molecule has 0 radical (unpaired) electrons. The number of nitrogens with zero attached hydrogens (tertiary/aromatic N) is 2. The Labute approximate surface area is 117 Å². The minimum atomic E-state index is 0.741. The summed E-state index contributed by atoms with van der Waals surface area (Å²) in [5.74, 6) is 3.33. The molecule has 106 valence electrons. The molecule has 2 aliphatic heterocycles. The Balaban J connectivity index is 2.00. The van der Waals surface area contributed by atoms with Crippen LogP contribution in [0.5, 0.6) is 0 Å². The molecule has 0 saturated carbocycles. The van der Waals surface area contributed by atoms with Crippen molar-refractivity contribution < 1.29 is 0 Å². The molecule has 3 unspecified atom stereocenters. The Bertz CT molecular complexity index is 257. The summed E-state index contributed by atoms with van der Waals surface area (Å²) in [6, 6.07) is 2.37. The van der Waals surface area contributed by atoms with Crippen LogP contribution in [0, 0.1) is 5.92 Å². The highest BCUT2D eigenvalue weighted by atomic mass is 32.2. The molecule has 0 aromatic carbocycles. The lowest BCUT2D eigenvalue weighted by Gasteiger charge is -2.48. The van der Waals surface area contributed by atoms with Crippen molar-refractivity contribution in [2.24, 2.45) is 5.92 Å². The molecule has 2 nitrogen and oxygen atoms in total. The Morgan fingerprint density at radius 3 is 2.67 bits per heavy atom.